The molecule has 4 rings (SSSR count). The van der Waals surface area contributed by atoms with Crippen LogP contribution in [0.1, 0.15) is 16.7 Å². The second-order valence-electron chi connectivity index (χ2n) is 5.66. The quantitative estimate of drug-likeness (QED) is 0.760. The minimum Gasteiger partial charge on any atom is -0.497 e. The molecule has 2 heterocycles. The van der Waals surface area contributed by atoms with Crippen molar-refractivity contribution in [3.05, 3.63) is 88.7 Å². The Hall–Kier alpha value is -3.18. The number of aromatic nitrogens is 1. The van der Waals surface area contributed by atoms with Gasteiger partial charge in [-0.2, -0.15) is 5.10 Å². The lowest BCUT2D eigenvalue weighted by atomic mass is 10.0. The number of hydrogen-bond acceptors (Lipinski definition) is 5. The van der Waals surface area contributed by atoms with E-state index >= 15 is 0 Å². The van der Waals surface area contributed by atoms with Gasteiger partial charge in [-0.05, 0) is 42.5 Å². The third kappa shape index (κ3) is 3.17. The number of hydrogen-bond donors (Lipinski definition) is 1. The van der Waals surface area contributed by atoms with Crippen molar-refractivity contribution in [1.82, 2.24) is 10.4 Å². The number of hydrazone groups is 1. The van der Waals surface area contributed by atoms with Crippen LogP contribution in [0.5, 0.6) is 5.75 Å². The average Bonchev–Trinajstić information content (AvgIpc) is 2.88. The average molecular weight is 363 g/mol. The Kier molecular flexibility index (Phi) is 4.37. The number of methoxy groups -OCH3 is 1. The van der Waals surface area contributed by atoms with E-state index in [1.165, 1.54) is 0 Å². The molecule has 6 heteroatoms. The molecule has 1 aliphatic heterocycles. The second kappa shape index (κ2) is 6.98. The van der Waals surface area contributed by atoms with Gasteiger partial charge in [0.2, 0.25) is 0 Å². The molecule has 0 bridgehead atoms. The first kappa shape index (κ1) is 16.3. The number of benzene rings is 2. The lowest BCUT2D eigenvalue weighted by molar-refractivity contribution is 0.415. The highest BCUT2D eigenvalue weighted by molar-refractivity contribution is 6.30. The first-order valence-corrected chi connectivity index (χ1v) is 8.39. The summed E-state index contributed by atoms with van der Waals surface area (Å²) in [5.74, 6) is 1.37. The molecule has 2 aromatic carbocycles. The zero-order valence-corrected chi connectivity index (χ0v) is 14.7. The van der Waals surface area contributed by atoms with Gasteiger partial charge < -0.3 is 4.74 Å². The third-order valence-corrected chi connectivity index (χ3v) is 4.27. The Bertz CT molecular complexity index is 998. The van der Waals surface area contributed by atoms with Gasteiger partial charge in [-0.15, -0.1) is 0 Å². The summed E-state index contributed by atoms with van der Waals surface area (Å²) in [7, 11) is 1.64. The van der Waals surface area contributed by atoms with Gasteiger partial charge in [-0.25, -0.2) is 4.99 Å². The zero-order valence-electron chi connectivity index (χ0n) is 14.0. The van der Waals surface area contributed by atoms with Gasteiger partial charge in [0.25, 0.3) is 0 Å². The van der Waals surface area contributed by atoms with Crippen molar-refractivity contribution in [2.75, 3.05) is 7.11 Å². The highest BCUT2D eigenvalue weighted by atomic mass is 35.5. The minimum atomic E-state index is 0.633. The fraction of sp³-hybridized carbons (Fsp3) is 0.0500. The molecule has 1 N–H and O–H groups in total. The predicted octanol–water partition coefficient (Wildman–Crippen LogP) is 4.18. The lowest BCUT2D eigenvalue weighted by Crippen LogP contribution is -2.19. The van der Waals surface area contributed by atoms with Crippen LogP contribution in [0.4, 0.5) is 5.69 Å². The summed E-state index contributed by atoms with van der Waals surface area (Å²) in [6.45, 7) is 0. The molecule has 0 radical (unpaired) electrons. The highest BCUT2D eigenvalue weighted by Gasteiger charge is 2.18. The molecule has 0 unspecified atom stereocenters. The maximum atomic E-state index is 6.03. The summed E-state index contributed by atoms with van der Waals surface area (Å²) < 4.78 is 5.38. The van der Waals surface area contributed by atoms with E-state index in [1.807, 2.05) is 54.6 Å². The van der Waals surface area contributed by atoms with Gasteiger partial charge in [-0.1, -0.05) is 23.7 Å². The van der Waals surface area contributed by atoms with E-state index in [2.05, 4.69) is 15.5 Å². The van der Waals surface area contributed by atoms with E-state index in [4.69, 9.17) is 21.3 Å². The predicted molar refractivity (Wildman–Crippen MR) is 104 cm³/mol. The van der Waals surface area contributed by atoms with Gasteiger partial charge in [0.15, 0.2) is 5.84 Å². The van der Waals surface area contributed by atoms with Gasteiger partial charge in [-0.3, -0.25) is 10.4 Å². The molecule has 0 atom stereocenters. The normalized spacial score (nSPS) is 13.0. The van der Waals surface area contributed by atoms with Gasteiger partial charge in [0.05, 0.1) is 12.8 Å². The summed E-state index contributed by atoms with van der Waals surface area (Å²) in [4.78, 5) is 8.90. The van der Waals surface area contributed by atoms with Crippen LogP contribution < -0.4 is 10.2 Å². The first-order valence-electron chi connectivity index (χ1n) is 8.02. The van der Waals surface area contributed by atoms with E-state index in [0.717, 1.165) is 33.8 Å². The fourth-order valence-corrected chi connectivity index (χ4v) is 2.83. The van der Waals surface area contributed by atoms with E-state index < -0.39 is 0 Å². The van der Waals surface area contributed by atoms with Crippen LogP contribution in [0.25, 0.3) is 0 Å². The summed E-state index contributed by atoms with van der Waals surface area (Å²) in [6.07, 6.45) is 3.47. The molecule has 0 saturated carbocycles. The fourth-order valence-electron chi connectivity index (χ4n) is 2.70. The largest absolute Gasteiger partial charge is 0.497 e. The SMILES string of the molecule is COc1ccc2c(c1)C(c1ccc(Cl)cc1)=NNC(c1cccnc1)=N2. The molecule has 26 heavy (non-hydrogen) atoms. The Labute approximate surface area is 156 Å². The molecule has 0 amide bonds. The van der Waals surface area contributed by atoms with E-state index in [1.54, 1.807) is 19.5 Å². The van der Waals surface area contributed by atoms with E-state index in [-0.39, 0.29) is 0 Å². The maximum Gasteiger partial charge on any atom is 0.155 e. The summed E-state index contributed by atoms with van der Waals surface area (Å²) >= 11 is 6.03. The molecule has 1 aromatic heterocycles. The van der Waals surface area contributed by atoms with Crippen molar-refractivity contribution in [3.63, 3.8) is 0 Å². The number of aliphatic imine (C=N–C) groups is 1. The number of nitrogens with zero attached hydrogens (tertiary/aromatic N) is 3. The van der Waals surface area contributed by atoms with Crippen LogP contribution in [0.15, 0.2) is 77.1 Å². The number of ether oxygens (including phenoxy) is 1. The lowest BCUT2D eigenvalue weighted by Gasteiger charge is -2.09. The number of fused-ring (bicyclic) bond motifs is 1. The van der Waals surface area contributed by atoms with Gasteiger partial charge >= 0.3 is 0 Å². The topological polar surface area (TPSA) is 58.9 Å². The molecule has 0 saturated heterocycles. The first-order chi connectivity index (χ1) is 12.7. The Balaban J connectivity index is 1.88. The van der Waals surface area contributed by atoms with E-state index in [0.29, 0.717) is 10.9 Å². The summed E-state index contributed by atoms with van der Waals surface area (Å²) in [6, 6.07) is 17.1. The number of halogens is 1. The van der Waals surface area contributed by atoms with Crippen LogP contribution in [-0.4, -0.2) is 23.6 Å². The molecular weight excluding hydrogens is 348 g/mol. The molecule has 0 fully saturated rings. The van der Waals surface area contributed by atoms with Crippen molar-refractivity contribution in [2.24, 2.45) is 10.1 Å². The standard InChI is InChI=1S/C20H15ClN4O/c1-26-16-8-9-18-17(11-16)19(13-4-6-15(21)7-5-13)24-25-20(23-18)14-3-2-10-22-12-14/h2-12H,1H3,(H,23,25). The highest BCUT2D eigenvalue weighted by Crippen LogP contribution is 2.29. The molecule has 5 nitrogen and oxygen atoms in total. The summed E-state index contributed by atoms with van der Waals surface area (Å²) in [5, 5.41) is 5.28. The molecule has 0 aliphatic carbocycles. The summed E-state index contributed by atoms with van der Waals surface area (Å²) in [5.41, 5.74) is 7.29. The number of pyridine rings is 1. The van der Waals surface area contributed by atoms with Gasteiger partial charge in [0.1, 0.15) is 11.5 Å². The minimum absolute atomic E-state index is 0.633. The Morgan fingerprint density at radius 2 is 1.85 bits per heavy atom. The van der Waals surface area contributed by atoms with Crippen LogP contribution >= 0.6 is 11.6 Å². The number of rotatable bonds is 3. The molecular formula is C20H15ClN4O. The smallest absolute Gasteiger partial charge is 0.155 e. The zero-order chi connectivity index (χ0) is 17.9. The van der Waals surface area contributed by atoms with Crippen molar-refractivity contribution < 1.29 is 4.74 Å². The second-order valence-corrected chi connectivity index (χ2v) is 6.10. The Morgan fingerprint density at radius 1 is 1.00 bits per heavy atom. The van der Waals surface area contributed by atoms with E-state index in [9.17, 15) is 0 Å². The van der Waals surface area contributed by atoms with Crippen LogP contribution in [0, 0.1) is 0 Å². The molecule has 3 aromatic rings. The van der Waals surface area contributed by atoms with Crippen molar-refractivity contribution in [2.45, 2.75) is 0 Å². The number of nitrogens with one attached hydrogen (secondary N) is 1. The number of amidine groups is 1. The molecule has 0 spiro atoms. The van der Waals surface area contributed by atoms with Crippen molar-refractivity contribution in [3.8, 4) is 5.75 Å². The Morgan fingerprint density at radius 3 is 2.58 bits per heavy atom. The third-order valence-electron chi connectivity index (χ3n) is 4.02. The van der Waals surface area contributed by atoms with Gasteiger partial charge in [0, 0.05) is 34.1 Å². The van der Waals surface area contributed by atoms with Crippen molar-refractivity contribution >= 4 is 28.8 Å². The monoisotopic (exact) mass is 362 g/mol. The van der Waals surface area contributed by atoms with Crippen molar-refractivity contribution in [1.29, 1.82) is 0 Å². The molecule has 128 valence electrons. The molecule has 1 aliphatic rings. The maximum absolute atomic E-state index is 6.03. The van der Waals surface area contributed by atoms with Crippen LogP contribution in [0.3, 0.4) is 0 Å². The van der Waals surface area contributed by atoms with Crippen LogP contribution in [0.2, 0.25) is 5.02 Å². The van der Waals surface area contributed by atoms with Crippen LogP contribution in [-0.2, 0) is 0 Å².